The number of hydrogen-bond donors (Lipinski definition) is 0. The van der Waals surface area contributed by atoms with Gasteiger partial charge in [-0.05, 0) is 27.2 Å². The Bertz CT molecular complexity index is 922. The zero-order valence-electron chi connectivity index (χ0n) is 40.3. The maximum absolute atomic E-state index is 11.9. The summed E-state index contributed by atoms with van der Waals surface area (Å²) in [6, 6.07) is 0. The molecule has 0 aromatic carbocycles. The maximum atomic E-state index is 11.9. The van der Waals surface area contributed by atoms with Gasteiger partial charge in [0.25, 0.3) is 0 Å². The average molecular weight is 913 g/mol. The number of rotatable bonds is 53. The predicted molar refractivity (Wildman–Crippen MR) is 242 cm³/mol. The lowest BCUT2D eigenvalue weighted by molar-refractivity contribution is -0.156. The molecule has 16 nitrogen and oxygen atoms in total. The molecule has 0 aromatic rings. The molecule has 0 aliphatic carbocycles. The molecule has 0 saturated heterocycles. The van der Waals surface area contributed by atoms with Crippen LogP contribution in [0.2, 0.25) is 0 Å². The quantitative estimate of drug-likeness (QED) is 0.0455. The molecule has 0 rings (SSSR count). The van der Waals surface area contributed by atoms with Crippen molar-refractivity contribution in [1.29, 1.82) is 0 Å². The SMILES string of the molecule is CCCCCCCCCCCCCCCC(=O)OCCOCCOCCOCCOCCOCCOCCOCCOCCOCCOCCOCCOCCC(=O)OC(C)(C)C. The summed E-state index contributed by atoms with van der Waals surface area (Å²) in [6.45, 7) is 19.2. The third-order valence-corrected chi connectivity index (χ3v) is 8.94. The molecule has 0 N–H and O–H groups in total. The molecule has 0 aromatic heterocycles. The Morgan fingerprint density at radius 3 is 0.794 bits per heavy atom. The number of unbranched alkanes of at least 4 members (excludes halogenated alkanes) is 12. The summed E-state index contributed by atoms with van der Waals surface area (Å²) in [6.07, 6.45) is 17.5. The lowest BCUT2D eigenvalue weighted by atomic mass is 10.0. The van der Waals surface area contributed by atoms with E-state index in [9.17, 15) is 9.59 Å². The minimum Gasteiger partial charge on any atom is -0.463 e. The van der Waals surface area contributed by atoms with Crippen LogP contribution in [-0.2, 0) is 75.9 Å². The topological polar surface area (TPSA) is 163 Å². The van der Waals surface area contributed by atoms with Crippen molar-refractivity contribution < 1.29 is 75.9 Å². The van der Waals surface area contributed by atoms with Crippen LogP contribution in [0.1, 0.15) is 124 Å². The van der Waals surface area contributed by atoms with E-state index in [1.807, 2.05) is 20.8 Å². The second-order valence-electron chi connectivity index (χ2n) is 15.9. The smallest absolute Gasteiger partial charge is 0.308 e. The molecule has 0 aliphatic rings. The van der Waals surface area contributed by atoms with E-state index in [0.29, 0.717) is 165 Å². The van der Waals surface area contributed by atoms with Crippen molar-refractivity contribution in [2.75, 3.05) is 165 Å². The van der Waals surface area contributed by atoms with Crippen LogP contribution < -0.4 is 0 Å². The Kier molecular flexibility index (Phi) is 50.2. The van der Waals surface area contributed by atoms with Crippen LogP contribution in [0, 0.1) is 0 Å². The van der Waals surface area contributed by atoms with Gasteiger partial charge < -0.3 is 66.3 Å². The van der Waals surface area contributed by atoms with Crippen molar-refractivity contribution in [3.8, 4) is 0 Å². The number of carbonyl (C=O) groups excluding carboxylic acids is 2. The minimum absolute atomic E-state index is 0.136. The fourth-order valence-electron chi connectivity index (χ4n) is 5.64. The molecule has 0 spiro atoms. The van der Waals surface area contributed by atoms with Crippen molar-refractivity contribution in [2.24, 2.45) is 0 Å². The van der Waals surface area contributed by atoms with E-state index in [-0.39, 0.29) is 25.0 Å². The highest BCUT2D eigenvalue weighted by molar-refractivity contribution is 5.70. The summed E-state index contributed by atoms with van der Waals surface area (Å²) in [7, 11) is 0. The van der Waals surface area contributed by atoms with E-state index in [1.165, 1.54) is 70.6 Å². The third kappa shape index (κ3) is 56.5. The van der Waals surface area contributed by atoms with Crippen LogP contribution in [0.3, 0.4) is 0 Å². The Morgan fingerprint density at radius 1 is 0.286 bits per heavy atom. The van der Waals surface area contributed by atoms with Gasteiger partial charge in [0.1, 0.15) is 12.2 Å². The van der Waals surface area contributed by atoms with Gasteiger partial charge in [0.05, 0.1) is 165 Å². The zero-order valence-corrected chi connectivity index (χ0v) is 40.3. The van der Waals surface area contributed by atoms with Crippen LogP contribution >= 0.6 is 0 Å². The highest BCUT2D eigenvalue weighted by Gasteiger charge is 2.15. The van der Waals surface area contributed by atoms with E-state index >= 15 is 0 Å². The molecule has 0 heterocycles. The van der Waals surface area contributed by atoms with Gasteiger partial charge >= 0.3 is 11.9 Å². The number of esters is 2. The van der Waals surface area contributed by atoms with E-state index in [0.717, 1.165) is 12.8 Å². The normalized spacial score (nSPS) is 11.7. The van der Waals surface area contributed by atoms with Crippen molar-refractivity contribution in [1.82, 2.24) is 0 Å². The Hall–Kier alpha value is -1.54. The highest BCUT2D eigenvalue weighted by Crippen LogP contribution is 2.13. The standard InChI is InChI=1S/C47H92O16/c1-5-6-7-8-9-10-11-12-13-14-15-16-17-18-45(48)62-44-43-61-42-41-60-40-39-59-38-37-58-36-35-57-34-33-56-32-31-55-30-29-54-28-27-53-26-25-52-24-23-51-22-21-50-20-19-46(49)63-47(2,3)4/h5-44H2,1-4H3. The van der Waals surface area contributed by atoms with Crippen molar-refractivity contribution >= 4 is 11.9 Å². The Labute approximate surface area is 381 Å². The molecule has 16 heteroatoms. The van der Waals surface area contributed by atoms with Crippen molar-refractivity contribution in [2.45, 2.75) is 130 Å². The Morgan fingerprint density at radius 2 is 0.524 bits per heavy atom. The monoisotopic (exact) mass is 913 g/mol. The number of hydrogen-bond acceptors (Lipinski definition) is 16. The van der Waals surface area contributed by atoms with E-state index in [4.69, 9.17) is 66.3 Å². The van der Waals surface area contributed by atoms with Gasteiger partial charge in [-0.3, -0.25) is 9.59 Å². The van der Waals surface area contributed by atoms with Crippen molar-refractivity contribution in [3.63, 3.8) is 0 Å². The van der Waals surface area contributed by atoms with E-state index in [2.05, 4.69) is 6.92 Å². The molecule has 63 heavy (non-hydrogen) atoms. The predicted octanol–water partition coefficient (Wildman–Crippen LogP) is 6.94. The van der Waals surface area contributed by atoms with E-state index < -0.39 is 5.60 Å². The fourth-order valence-corrected chi connectivity index (χ4v) is 5.64. The summed E-state index contributed by atoms with van der Waals surface area (Å²) >= 11 is 0. The first-order valence-corrected chi connectivity index (χ1v) is 24.2. The lowest BCUT2D eigenvalue weighted by Gasteiger charge is -2.19. The summed E-state index contributed by atoms with van der Waals surface area (Å²) in [5.41, 5.74) is -0.479. The van der Waals surface area contributed by atoms with Crippen molar-refractivity contribution in [3.05, 3.63) is 0 Å². The summed E-state index contributed by atoms with van der Waals surface area (Å²) in [4.78, 5) is 23.5. The average Bonchev–Trinajstić information content (AvgIpc) is 3.25. The Balaban J connectivity index is 3.14. The summed E-state index contributed by atoms with van der Waals surface area (Å²) in [5, 5.41) is 0. The van der Waals surface area contributed by atoms with Gasteiger partial charge in [-0.2, -0.15) is 0 Å². The molecular weight excluding hydrogens is 821 g/mol. The second-order valence-corrected chi connectivity index (χ2v) is 15.9. The van der Waals surface area contributed by atoms with Gasteiger partial charge in [0, 0.05) is 6.42 Å². The maximum Gasteiger partial charge on any atom is 0.308 e. The van der Waals surface area contributed by atoms with Gasteiger partial charge in [-0.1, -0.05) is 84.0 Å². The van der Waals surface area contributed by atoms with Crippen LogP contribution in [0.4, 0.5) is 0 Å². The first kappa shape index (κ1) is 61.5. The molecule has 0 unspecified atom stereocenters. The fraction of sp³-hybridized carbons (Fsp3) is 0.957. The number of carbonyl (C=O) groups is 2. The largest absolute Gasteiger partial charge is 0.463 e. The lowest BCUT2D eigenvalue weighted by Crippen LogP contribution is -2.24. The first-order chi connectivity index (χ1) is 30.8. The van der Waals surface area contributed by atoms with E-state index in [1.54, 1.807) is 0 Å². The third-order valence-electron chi connectivity index (χ3n) is 8.94. The van der Waals surface area contributed by atoms with Crippen LogP contribution in [0.15, 0.2) is 0 Å². The summed E-state index contributed by atoms with van der Waals surface area (Å²) < 4.78 is 76.3. The zero-order chi connectivity index (χ0) is 45.8. The molecule has 0 atom stereocenters. The second kappa shape index (κ2) is 51.4. The summed E-state index contributed by atoms with van der Waals surface area (Å²) in [5.74, 6) is -0.404. The minimum atomic E-state index is -0.479. The molecule has 0 aliphatic heterocycles. The van der Waals surface area contributed by atoms with Gasteiger partial charge in [-0.15, -0.1) is 0 Å². The van der Waals surface area contributed by atoms with Crippen LogP contribution in [-0.4, -0.2) is 183 Å². The molecule has 0 radical (unpaired) electrons. The highest BCUT2D eigenvalue weighted by atomic mass is 16.6. The van der Waals surface area contributed by atoms with Crippen LogP contribution in [0.25, 0.3) is 0 Å². The van der Waals surface area contributed by atoms with Gasteiger partial charge in [0.15, 0.2) is 0 Å². The molecular formula is C47H92O16. The van der Waals surface area contributed by atoms with Gasteiger partial charge in [-0.25, -0.2) is 0 Å². The molecule has 376 valence electrons. The molecule has 0 amide bonds. The molecule has 0 bridgehead atoms. The van der Waals surface area contributed by atoms with Gasteiger partial charge in [0.2, 0.25) is 0 Å². The van der Waals surface area contributed by atoms with Crippen LogP contribution in [0.5, 0.6) is 0 Å². The number of ether oxygens (including phenoxy) is 14. The molecule has 0 saturated carbocycles. The first-order valence-electron chi connectivity index (χ1n) is 24.2. The molecule has 0 fully saturated rings.